The SMILES string of the molecule is COCNC(=O)c1cccs1. The Kier molecular flexibility index (Phi) is 3.07. The van der Waals surface area contributed by atoms with Crippen LogP contribution >= 0.6 is 11.3 Å². The molecule has 0 saturated carbocycles. The maximum Gasteiger partial charge on any atom is 0.263 e. The highest BCUT2D eigenvalue weighted by Crippen LogP contribution is 2.07. The van der Waals surface area contributed by atoms with Gasteiger partial charge in [-0.15, -0.1) is 11.3 Å². The number of methoxy groups -OCH3 is 1. The molecule has 1 N–H and O–H groups in total. The van der Waals surface area contributed by atoms with Crippen molar-refractivity contribution in [1.29, 1.82) is 0 Å². The van der Waals surface area contributed by atoms with Crippen molar-refractivity contribution in [2.24, 2.45) is 0 Å². The lowest BCUT2D eigenvalue weighted by atomic mass is 10.4. The number of carbonyl (C=O) groups is 1. The summed E-state index contributed by atoms with van der Waals surface area (Å²) in [6, 6.07) is 3.61. The van der Waals surface area contributed by atoms with Gasteiger partial charge in [0.2, 0.25) is 0 Å². The molecule has 3 nitrogen and oxygen atoms in total. The first-order valence-electron chi connectivity index (χ1n) is 3.15. The van der Waals surface area contributed by atoms with Crippen LogP contribution in [-0.2, 0) is 4.74 Å². The third kappa shape index (κ3) is 2.32. The van der Waals surface area contributed by atoms with E-state index in [1.807, 2.05) is 11.4 Å². The summed E-state index contributed by atoms with van der Waals surface area (Å²) in [7, 11) is 1.54. The van der Waals surface area contributed by atoms with Gasteiger partial charge < -0.3 is 10.1 Å². The average Bonchev–Trinajstić information content (AvgIpc) is 2.52. The molecule has 0 radical (unpaired) electrons. The molecule has 0 fully saturated rings. The van der Waals surface area contributed by atoms with Crippen molar-refractivity contribution in [3.05, 3.63) is 22.4 Å². The predicted molar refractivity (Wildman–Crippen MR) is 43.7 cm³/mol. The van der Waals surface area contributed by atoms with Crippen molar-refractivity contribution in [1.82, 2.24) is 5.32 Å². The minimum Gasteiger partial charge on any atom is -0.364 e. The Morgan fingerprint density at radius 3 is 3.18 bits per heavy atom. The topological polar surface area (TPSA) is 38.3 Å². The van der Waals surface area contributed by atoms with Crippen LogP contribution in [0.1, 0.15) is 9.67 Å². The van der Waals surface area contributed by atoms with E-state index in [4.69, 9.17) is 0 Å². The van der Waals surface area contributed by atoms with Crippen LogP contribution in [0.2, 0.25) is 0 Å². The molecule has 0 spiro atoms. The Balaban J connectivity index is 2.43. The zero-order valence-corrected chi connectivity index (χ0v) is 6.98. The molecular formula is C7H9NO2S. The number of rotatable bonds is 3. The minimum atomic E-state index is -0.0816. The van der Waals surface area contributed by atoms with Gasteiger partial charge in [-0.3, -0.25) is 4.79 Å². The van der Waals surface area contributed by atoms with Crippen molar-refractivity contribution in [2.75, 3.05) is 13.8 Å². The molecule has 0 aromatic carbocycles. The van der Waals surface area contributed by atoms with Crippen LogP contribution in [0, 0.1) is 0 Å². The number of amides is 1. The molecule has 0 aliphatic carbocycles. The fourth-order valence-electron chi connectivity index (χ4n) is 0.633. The second-order valence-electron chi connectivity index (χ2n) is 1.92. The Morgan fingerprint density at radius 2 is 2.64 bits per heavy atom. The van der Waals surface area contributed by atoms with Crippen molar-refractivity contribution in [2.45, 2.75) is 0 Å². The van der Waals surface area contributed by atoms with Crippen LogP contribution in [0.5, 0.6) is 0 Å². The molecule has 1 amide bonds. The highest BCUT2D eigenvalue weighted by molar-refractivity contribution is 7.12. The van der Waals surface area contributed by atoms with Gasteiger partial charge in [-0.1, -0.05) is 6.07 Å². The molecule has 0 unspecified atom stereocenters. The van der Waals surface area contributed by atoms with E-state index in [0.717, 1.165) is 0 Å². The summed E-state index contributed by atoms with van der Waals surface area (Å²) < 4.78 is 4.68. The second kappa shape index (κ2) is 4.10. The largest absolute Gasteiger partial charge is 0.364 e. The lowest BCUT2D eigenvalue weighted by molar-refractivity contribution is 0.0876. The minimum absolute atomic E-state index is 0.0816. The molecule has 0 atom stereocenters. The van der Waals surface area contributed by atoms with Crippen molar-refractivity contribution in [3.8, 4) is 0 Å². The van der Waals surface area contributed by atoms with Gasteiger partial charge in [0.25, 0.3) is 5.91 Å². The fraction of sp³-hybridized carbons (Fsp3) is 0.286. The average molecular weight is 171 g/mol. The Hall–Kier alpha value is -0.870. The molecule has 60 valence electrons. The third-order valence-corrected chi connectivity index (χ3v) is 1.99. The summed E-state index contributed by atoms with van der Waals surface area (Å²) in [5, 5.41) is 4.45. The Morgan fingerprint density at radius 1 is 1.82 bits per heavy atom. The summed E-state index contributed by atoms with van der Waals surface area (Å²) >= 11 is 1.41. The quantitative estimate of drug-likeness (QED) is 0.691. The van der Waals surface area contributed by atoms with Crippen LogP contribution < -0.4 is 5.32 Å². The third-order valence-electron chi connectivity index (χ3n) is 1.12. The summed E-state index contributed by atoms with van der Waals surface area (Å²) in [4.78, 5) is 11.8. The molecule has 11 heavy (non-hydrogen) atoms. The number of thiophene rings is 1. The highest BCUT2D eigenvalue weighted by Gasteiger charge is 2.03. The summed E-state index contributed by atoms with van der Waals surface area (Å²) in [6.07, 6.45) is 0. The maximum atomic E-state index is 11.1. The molecule has 1 aromatic heterocycles. The molecule has 1 rings (SSSR count). The van der Waals surface area contributed by atoms with Crippen molar-refractivity contribution in [3.63, 3.8) is 0 Å². The predicted octanol–water partition coefficient (Wildman–Crippen LogP) is 1.08. The number of nitrogens with one attached hydrogen (secondary N) is 1. The number of carbonyl (C=O) groups excluding carboxylic acids is 1. The van der Waals surface area contributed by atoms with Gasteiger partial charge >= 0.3 is 0 Å². The van der Waals surface area contributed by atoms with E-state index in [0.29, 0.717) is 4.88 Å². The van der Waals surface area contributed by atoms with Gasteiger partial charge in [-0.2, -0.15) is 0 Å². The van der Waals surface area contributed by atoms with E-state index in [1.165, 1.54) is 18.4 Å². The molecule has 0 aliphatic heterocycles. The molecule has 0 aliphatic rings. The first kappa shape index (κ1) is 8.23. The molecular weight excluding hydrogens is 162 g/mol. The summed E-state index contributed by atoms with van der Waals surface area (Å²) in [6.45, 7) is 0.261. The van der Waals surface area contributed by atoms with Gasteiger partial charge in [0.15, 0.2) is 0 Å². The van der Waals surface area contributed by atoms with E-state index in [9.17, 15) is 4.79 Å². The van der Waals surface area contributed by atoms with Crippen molar-refractivity contribution < 1.29 is 9.53 Å². The zero-order valence-electron chi connectivity index (χ0n) is 6.16. The lowest BCUT2D eigenvalue weighted by Gasteiger charge is -1.99. The first-order valence-corrected chi connectivity index (χ1v) is 4.03. The van der Waals surface area contributed by atoms with E-state index in [2.05, 4.69) is 10.1 Å². The number of ether oxygens (including phenoxy) is 1. The van der Waals surface area contributed by atoms with Gasteiger partial charge in [-0.25, -0.2) is 0 Å². The van der Waals surface area contributed by atoms with Crippen LogP contribution in [-0.4, -0.2) is 19.7 Å². The van der Waals surface area contributed by atoms with Gasteiger partial charge in [-0.05, 0) is 11.4 Å². The van der Waals surface area contributed by atoms with E-state index >= 15 is 0 Å². The fourth-order valence-corrected chi connectivity index (χ4v) is 1.27. The second-order valence-corrected chi connectivity index (χ2v) is 2.86. The van der Waals surface area contributed by atoms with Crippen LogP contribution in [0.4, 0.5) is 0 Å². The molecule has 0 bridgehead atoms. The maximum absolute atomic E-state index is 11.1. The Labute approximate surface area is 69.0 Å². The van der Waals surface area contributed by atoms with Gasteiger partial charge in [0, 0.05) is 7.11 Å². The molecule has 0 saturated heterocycles. The number of hydrogen-bond acceptors (Lipinski definition) is 3. The van der Waals surface area contributed by atoms with Crippen LogP contribution in [0.3, 0.4) is 0 Å². The smallest absolute Gasteiger partial charge is 0.263 e. The van der Waals surface area contributed by atoms with Crippen molar-refractivity contribution >= 4 is 17.2 Å². The number of hydrogen-bond donors (Lipinski definition) is 1. The van der Waals surface area contributed by atoms with E-state index in [-0.39, 0.29) is 12.6 Å². The first-order chi connectivity index (χ1) is 5.34. The summed E-state index contributed by atoms with van der Waals surface area (Å²) in [5.41, 5.74) is 0. The van der Waals surface area contributed by atoms with E-state index < -0.39 is 0 Å². The standard InChI is InChI=1S/C7H9NO2S/c1-10-5-8-7(9)6-3-2-4-11-6/h2-4H,5H2,1H3,(H,8,9). The van der Waals surface area contributed by atoms with Crippen LogP contribution in [0.15, 0.2) is 17.5 Å². The molecule has 1 aromatic rings. The molecule has 1 heterocycles. The van der Waals surface area contributed by atoms with Crippen LogP contribution in [0.25, 0.3) is 0 Å². The summed E-state index contributed by atoms with van der Waals surface area (Å²) in [5.74, 6) is -0.0816. The monoisotopic (exact) mass is 171 g/mol. The highest BCUT2D eigenvalue weighted by atomic mass is 32.1. The van der Waals surface area contributed by atoms with Gasteiger partial charge in [0.1, 0.15) is 6.73 Å². The lowest BCUT2D eigenvalue weighted by Crippen LogP contribution is -2.24. The molecule has 4 heteroatoms. The zero-order chi connectivity index (χ0) is 8.10. The Bertz CT molecular complexity index is 220. The normalized spacial score (nSPS) is 9.55. The van der Waals surface area contributed by atoms with E-state index in [1.54, 1.807) is 6.07 Å². The van der Waals surface area contributed by atoms with Gasteiger partial charge in [0.05, 0.1) is 4.88 Å².